The van der Waals surface area contributed by atoms with Crippen molar-refractivity contribution in [2.24, 2.45) is 5.14 Å². The number of hydrogen-bond donors (Lipinski definition) is 1. The standard InChI is InChI=1S/C11H18N2O5S/c1-3-13-8-9(19(12,15)16)7-10(13)11(14)18-6-4-5-17-2/h7-8H,3-6H2,1-2H3,(H2,12,15,16). The Morgan fingerprint density at radius 3 is 2.63 bits per heavy atom. The molecule has 19 heavy (non-hydrogen) atoms. The maximum Gasteiger partial charge on any atom is 0.354 e. The number of aromatic nitrogens is 1. The van der Waals surface area contributed by atoms with Crippen molar-refractivity contribution < 1.29 is 22.7 Å². The van der Waals surface area contributed by atoms with E-state index in [4.69, 9.17) is 14.6 Å². The molecule has 0 saturated carbocycles. The van der Waals surface area contributed by atoms with E-state index in [9.17, 15) is 13.2 Å². The molecule has 2 N–H and O–H groups in total. The largest absolute Gasteiger partial charge is 0.461 e. The number of hydrogen-bond acceptors (Lipinski definition) is 5. The number of methoxy groups -OCH3 is 1. The summed E-state index contributed by atoms with van der Waals surface area (Å²) in [7, 11) is -2.27. The van der Waals surface area contributed by atoms with Crippen LogP contribution in [-0.2, 0) is 26.0 Å². The summed E-state index contributed by atoms with van der Waals surface area (Å²) >= 11 is 0. The van der Waals surface area contributed by atoms with Gasteiger partial charge in [-0.25, -0.2) is 18.4 Å². The Bertz CT molecular complexity index is 535. The lowest BCUT2D eigenvalue weighted by molar-refractivity contribution is 0.0456. The molecule has 0 aromatic carbocycles. The minimum absolute atomic E-state index is 0.0989. The molecule has 108 valence electrons. The van der Waals surface area contributed by atoms with Gasteiger partial charge in [-0.2, -0.15) is 0 Å². The molecule has 0 aliphatic rings. The first-order valence-electron chi connectivity index (χ1n) is 5.79. The fraction of sp³-hybridized carbons (Fsp3) is 0.545. The lowest BCUT2D eigenvalue weighted by atomic mass is 10.4. The summed E-state index contributed by atoms with van der Waals surface area (Å²) in [5.74, 6) is -0.576. The zero-order valence-corrected chi connectivity index (χ0v) is 11.8. The first-order chi connectivity index (χ1) is 8.90. The SMILES string of the molecule is CCn1cc(S(N)(=O)=O)cc1C(=O)OCCCOC. The summed E-state index contributed by atoms with van der Waals surface area (Å²) in [6, 6.07) is 1.22. The Morgan fingerprint density at radius 2 is 2.11 bits per heavy atom. The molecule has 0 aliphatic carbocycles. The minimum atomic E-state index is -3.83. The molecule has 8 heteroatoms. The van der Waals surface area contributed by atoms with Gasteiger partial charge in [-0.3, -0.25) is 0 Å². The van der Waals surface area contributed by atoms with Crippen LogP contribution in [0.15, 0.2) is 17.2 Å². The molecular formula is C11H18N2O5S. The molecule has 1 aromatic rings. The summed E-state index contributed by atoms with van der Waals surface area (Å²) in [6.07, 6.45) is 1.90. The molecular weight excluding hydrogens is 272 g/mol. The zero-order valence-electron chi connectivity index (χ0n) is 11.0. The molecule has 0 amide bonds. The number of primary sulfonamides is 1. The van der Waals surface area contributed by atoms with Crippen LogP contribution in [0.5, 0.6) is 0 Å². The molecule has 0 radical (unpaired) electrons. The van der Waals surface area contributed by atoms with Gasteiger partial charge in [-0.05, 0) is 13.0 Å². The number of carbonyl (C=O) groups excluding carboxylic acids is 1. The third-order valence-corrected chi connectivity index (χ3v) is 3.36. The topological polar surface area (TPSA) is 101 Å². The van der Waals surface area contributed by atoms with Crippen LogP contribution < -0.4 is 5.14 Å². The molecule has 7 nitrogen and oxygen atoms in total. The second-order valence-electron chi connectivity index (χ2n) is 3.87. The Labute approximate surface area is 112 Å². The zero-order chi connectivity index (χ0) is 14.5. The van der Waals surface area contributed by atoms with Gasteiger partial charge in [0.25, 0.3) is 0 Å². The molecule has 0 fully saturated rings. The van der Waals surface area contributed by atoms with Gasteiger partial charge >= 0.3 is 5.97 Å². The van der Waals surface area contributed by atoms with Crippen molar-refractivity contribution in [1.29, 1.82) is 0 Å². The molecule has 0 aliphatic heterocycles. The van der Waals surface area contributed by atoms with E-state index in [0.29, 0.717) is 19.6 Å². The van der Waals surface area contributed by atoms with Crippen molar-refractivity contribution in [3.05, 3.63) is 18.0 Å². The van der Waals surface area contributed by atoms with E-state index < -0.39 is 16.0 Å². The summed E-state index contributed by atoms with van der Waals surface area (Å²) in [6.45, 7) is 2.93. The van der Waals surface area contributed by atoms with Gasteiger partial charge in [0, 0.05) is 32.9 Å². The van der Waals surface area contributed by atoms with E-state index in [1.54, 1.807) is 14.0 Å². The van der Waals surface area contributed by atoms with Crippen LogP contribution in [0.1, 0.15) is 23.8 Å². The molecule has 0 spiro atoms. The summed E-state index contributed by atoms with van der Waals surface area (Å²) < 4.78 is 33.8. The predicted octanol–water partition coefficient (Wildman–Crippen LogP) is 0.349. The molecule has 1 aromatic heterocycles. The first kappa shape index (κ1) is 15.7. The highest BCUT2D eigenvalue weighted by molar-refractivity contribution is 7.89. The average Bonchev–Trinajstić information content (AvgIpc) is 2.78. The molecule has 0 atom stereocenters. The number of sulfonamides is 1. The smallest absolute Gasteiger partial charge is 0.354 e. The van der Waals surface area contributed by atoms with Crippen LogP contribution in [0.4, 0.5) is 0 Å². The Hall–Kier alpha value is -1.38. The highest BCUT2D eigenvalue weighted by Gasteiger charge is 2.19. The maximum atomic E-state index is 11.8. The van der Waals surface area contributed by atoms with E-state index in [1.165, 1.54) is 16.8 Å². The van der Waals surface area contributed by atoms with Gasteiger partial charge in [0.2, 0.25) is 10.0 Å². The number of nitrogens with two attached hydrogens (primary N) is 1. The van der Waals surface area contributed by atoms with Crippen molar-refractivity contribution in [3.8, 4) is 0 Å². The highest BCUT2D eigenvalue weighted by atomic mass is 32.2. The fourth-order valence-corrected chi connectivity index (χ4v) is 2.06. The fourth-order valence-electron chi connectivity index (χ4n) is 1.51. The van der Waals surface area contributed by atoms with Crippen LogP contribution in [0.3, 0.4) is 0 Å². The van der Waals surface area contributed by atoms with Gasteiger partial charge in [-0.1, -0.05) is 0 Å². The van der Waals surface area contributed by atoms with Crippen LogP contribution >= 0.6 is 0 Å². The predicted molar refractivity (Wildman–Crippen MR) is 68.3 cm³/mol. The van der Waals surface area contributed by atoms with Crippen molar-refractivity contribution in [2.45, 2.75) is 24.8 Å². The van der Waals surface area contributed by atoms with Gasteiger partial charge in [0.1, 0.15) is 10.6 Å². The van der Waals surface area contributed by atoms with Crippen LogP contribution in [0.2, 0.25) is 0 Å². The van der Waals surface area contributed by atoms with Gasteiger partial charge in [0.05, 0.1) is 6.61 Å². The van der Waals surface area contributed by atoms with Gasteiger partial charge < -0.3 is 14.0 Å². The van der Waals surface area contributed by atoms with Crippen LogP contribution in [0.25, 0.3) is 0 Å². The average molecular weight is 290 g/mol. The molecule has 1 rings (SSSR count). The minimum Gasteiger partial charge on any atom is -0.461 e. The van der Waals surface area contributed by atoms with E-state index in [0.717, 1.165) is 0 Å². The third kappa shape index (κ3) is 4.34. The highest BCUT2D eigenvalue weighted by Crippen LogP contribution is 2.14. The summed E-state index contributed by atoms with van der Waals surface area (Å²) in [4.78, 5) is 11.7. The second-order valence-corrected chi connectivity index (χ2v) is 5.44. The summed E-state index contributed by atoms with van der Waals surface area (Å²) in [5, 5.41) is 5.02. The lowest BCUT2D eigenvalue weighted by Gasteiger charge is -2.06. The van der Waals surface area contributed by atoms with Crippen molar-refractivity contribution >= 4 is 16.0 Å². The molecule has 0 unspecified atom stereocenters. The number of rotatable bonds is 7. The number of ether oxygens (including phenoxy) is 2. The second kappa shape index (κ2) is 6.69. The number of carbonyl (C=O) groups is 1. The number of aryl methyl sites for hydroxylation is 1. The lowest BCUT2D eigenvalue weighted by Crippen LogP contribution is -2.12. The van der Waals surface area contributed by atoms with Crippen molar-refractivity contribution in [3.63, 3.8) is 0 Å². The van der Waals surface area contributed by atoms with Gasteiger partial charge in [-0.15, -0.1) is 0 Å². The van der Waals surface area contributed by atoms with E-state index >= 15 is 0 Å². The van der Waals surface area contributed by atoms with Crippen molar-refractivity contribution in [2.75, 3.05) is 20.3 Å². The summed E-state index contributed by atoms with van der Waals surface area (Å²) in [5.41, 5.74) is 0.170. The van der Waals surface area contributed by atoms with Crippen LogP contribution in [0, 0.1) is 0 Å². The quantitative estimate of drug-likeness (QED) is 0.577. The molecule has 0 saturated heterocycles. The van der Waals surface area contributed by atoms with Crippen molar-refractivity contribution in [1.82, 2.24) is 4.57 Å². The Morgan fingerprint density at radius 1 is 1.42 bits per heavy atom. The Balaban J connectivity index is 2.81. The number of esters is 1. The van der Waals surface area contributed by atoms with Gasteiger partial charge in [0.15, 0.2) is 0 Å². The normalized spacial score (nSPS) is 11.5. The van der Waals surface area contributed by atoms with E-state index in [1.807, 2.05) is 0 Å². The third-order valence-electron chi connectivity index (χ3n) is 2.48. The van der Waals surface area contributed by atoms with E-state index in [-0.39, 0.29) is 17.2 Å². The number of nitrogens with zero attached hydrogens (tertiary/aromatic N) is 1. The van der Waals surface area contributed by atoms with Crippen LogP contribution in [-0.4, -0.2) is 39.3 Å². The molecule has 1 heterocycles. The monoisotopic (exact) mass is 290 g/mol. The Kier molecular flexibility index (Phi) is 5.52. The molecule has 0 bridgehead atoms. The first-order valence-corrected chi connectivity index (χ1v) is 7.33. The van der Waals surface area contributed by atoms with E-state index in [2.05, 4.69) is 0 Å². The maximum absolute atomic E-state index is 11.8.